The Morgan fingerprint density at radius 1 is 1.19 bits per heavy atom. The summed E-state index contributed by atoms with van der Waals surface area (Å²) in [5.74, 6) is -0.254. The van der Waals surface area contributed by atoms with E-state index in [9.17, 15) is 14.9 Å². The van der Waals surface area contributed by atoms with E-state index in [-0.39, 0.29) is 11.6 Å². The number of halogens is 1. The van der Waals surface area contributed by atoms with Gasteiger partial charge in [0.2, 0.25) is 0 Å². The highest BCUT2D eigenvalue weighted by atomic mass is 35.5. The maximum atomic E-state index is 12.7. The second-order valence-corrected chi connectivity index (χ2v) is 6.88. The summed E-state index contributed by atoms with van der Waals surface area (Å²) in [6.45, 7) is 2.02. The third kappa shape index (κ3) is 3.96. The third-order valence-corrected chi connectivity index (χ3v) is 4.80. The Kier molecular flexibility index (Phi) is 5.42. The minimum absolute atomic E-state index is 0.0161. The summed E-state index contributed by atoms with van der Waals surface area (Å²) >= 11 is 5.87. The molecule has 0 N–H and O–H groups in total. The molecule has 1 aliphatic heterocycles. The number of amides is 1. The largest absolute Gasteiger partial charge is 0.366 e. The minimum atomic E-state index is -0.413. The second kappa shape index (κ2) is 7.74. The predicted octanol–water partition coefficient (Wildman–Crippen LogP) is 4.12. The molecule has 136 valence electrons. The zero-order valence-corrected chi connectivity index (χ0v) is 15.3. The molecule has 0 saturated carbocycles. The molecular weight excluding hydrogens is 354 g/mol. The van der Waals surface area contributed by atoms with E-state index in [1.165, 1.54) is 11.0 Å². The molecule has 0 bridgehead atoms. The van der Waals surface area contributed by atoms with Gasteiger partial charge in [-0.05, 0) is 42.7 Å². The van der Waals surface area contributed by atoms with Crippen molar-refractivity contribution in [2.45, 2.75) is 19.4 Å². The first-order chi connectivity index (χ1) is 12.5. The molecule has 6 nitrogen and oxygen atoms in total. The maximum Gasteiger partial charge on any atom is 0.293 e. The molecule has 0 spiro atoms. The van der Waals surface area contributed by atoms with Crippen LogP contribution in [0.15, 0.2) is 42.5 Å². The number of carbonyl (C=O) groups excluding carboxylic acids is 1. The number of benzene rings is 2. The van der Waals surface area contributed by atoms with Gasteiger partial charge in [0.25, 0.3) is 11.6 Å². The first kappa shape index (κ1) is 18.2. The number of carbonyl (C=O) groups is 1. The highest BCUT2D eigenvalue weighted by Gasteiger charge is 2.24. The van der Waals surface area contributed by atoms with Crippen molar-refractivity contribution in [2.24, 2.45) is 0 Å². The molecule has 7 heteroatoms. The van der Waals surface area contributed by atoms with Crippen molar-refractivity contribution in [3.05, 3.63) is 68.7 Å². The Hall–Kier alpha value is -2.60. The van der Waals surface area contributed by atoms with E-state index < -0.39 is 4.92 Å². The van der Waals surface area contributed by atoms with Crippen molar-refractivity contribution in [3.8, 4) is 0 Å². The molecule has 1 aliphatic rings. The monoisotopic (exact) mass is 373 g/mol. The Balaban J connectivity index is 1.81. The molecule has 0 aromatic heterocycles. The number of hydrogen-bond acceptors (Lipinski definition) is 4. The topological polar surface area (TPSA) is 66.7 Å². The highest BCUT2D eigenvalue weighted by Crippen LogP contribution is 2.32. The predicted molar refractivity (Wildman–Crippen MR) is 102 cm³/mol. The lowest BCUT2D eigenvalue weighted by molar-refractivity contribution is -0.384. The molecule has 3 rings (SSSR count). The van der Waals surface area contributed by atoms with E-state index in [0.29, 0.717) is 22.8 Å². The number of nitro benzene ring substituents is 1. The molecule has 0 aliphatic carbocycles. The summed E-state index contributed by atoms with van der Waals surface area (Å²) < 4.78 is 0. The highest BCUT2D eigenvalue weighted by molar-refractivity contribution is 6.30. The van der Waals surface area contributed by atoms with E-state index in [0.717, 1.165) is 31.5 Å². The molecule has 26 heavy (non-hydrogen) atoms. The summed E-state index contributed by atoms with van der Waals surface area (Å²) in [4.78, 5) is 27.3. The second-order valence-electron chi connectivity index (χ2n) is 6.44. The van der Waals surface area contributed by atoms with Crippen LogP contribution < -0.4 is 4.90 Å². The van der Waals surface area contributed by atoms with Crippen LogP contribution in [0.1, 0.15) is 28.8 Å². The van der Waals surface area contributed by atoms with Gasteiger partial charge in [0, 0.05) is 43.3 Å². The lowest BCUT2D eigenvalue weighted by atomic mass is 10.1. The Morgan fingerprint density at radius 2 is 1.85 bits per heavy atom. The number of hydrogen-bond donors (Lipinski definition) is 0. The quantitative estimate of drug-likeness (QED) is 0.584. The van der Waals surface area contributed by atoms with Crippen LogP contribution in [0.25, 0.3) is 0 Å². The lowest BCUT2D eigenvalue weighted by Gasteiger charge is -2.20. The van der Waals surface area contributed by atoms with Crippen LogP contribution in [0, 0.1) is 10.1 Å². The fourth-order valence-electron chi connectivity index (χ4n) is 3.18. The normalized spacial score (nSPS) is 13.7. The van der Waals surface area contributed by atoms with Gasteiger partial charge in [0.05, 0.1) is 4.92 Å². The van der Waals surface area contributed by atoms with Crippen LogP contribution in [0.5, 0.6) is 0 Å². The van der Waals surface area contributed by atoms with Crippen molar-refractivity contribution in [3.63, 3.8) is 0 Å². The molecule has 0 atom stereocenters. The molecule has 0 unspecified atom stereocenters. The average molecular weight is 374 g/mol. The maximum absolute atomic E-state index is 12.7. The first-order valence-corrected chi connectivity index (χ1v) is 8.87. The van der Waals surface area contributed by atoms with Crippen LogP contribution in [0.4, 0.5) is 11.4 Å². The van der Waals surface area contributed by atoms with Crippen molar-refractivity contribution < 1.29 is 9.72 Å². The van der Waals surface area contributed by atoms with Gasteiger partial charge in [0.15, 0.2) is 0 Å². The number of nitro groups is 1. The first-order valence-electron chi connectivity index (χ1n) is 8.49. The summed E-state index contributed by atoms with van der Waals surface area (Å²) in [7, 11) is 1.68. The van der Waals surface area contributed by atoms with Crippen molar-refractivity contribution in [1.82, 2.24) is 4.90 Å². The zero-order chi connectivity index (χ0) is 18.7. The number of anilines is 1. The number of nitrogens with zero attached hydrogens (tertiary/aromatic N) is 3. The van der Waals surface area contributed by atoms with Gasteiger partial charge < -0.3 is 9.80 Å². The minimum Gasteiger partial charge on any atom is -0.366 e. The van der Waals surface area contributed by atoms with Gasteiger partial charge in [-0.1, -0.05) is 23.7 Å². The molecule has 2 aromatic carbocycles. The van der Waals surface area contributed by atoms with E-state index in [4.69, 9.17) is 11.6 Å². The van der Waals surface area contributed by atoms with Crippen molar-refractivity contribution in [2.75, 3.05) is 25.0 Å². The van der Waals surface area contributed by atoms with Crippen LogP contribution >= 0.6 is 11.6 Å². The van der Waals surface area contributed by atoms with Gasteiger partial charge in [-0.15, -0.1) is 0 Å². The number of rotatable bonds is 5. The summed E-state index contributed by atoms with van der Waals surface area (Å²) in [5, 5.41) is 12.1. The van der Waals surface area contributed by atoms with Crippen molar-refractivity contribution in [1.29, 1.82) is 0 Å². The average Bonchev–Trinajstić information content (AvgIpc) is 3.17. The summed E-state index contributed by atoms with van der Waals surface area (Å²) in [6, 6.07) is 12.0. The van der Waals surface area contributed by atoms with Gasteiger partial charge >= 0.3 is 0 Å². The van der Waals surface area contributed by atoms with Crippen LogP contribution in [-0.2, 0) is 6.54 Å². The standard InChI is InChI=1S/C19H20ClN3O3/c1-21(13-14-4-7-16(20)8-5-14)19(24)15-6-9-17(18(12-15)23(25)26)22-10-2-3-11-22/h4-9,12H,2-3,10-11,13H2,1H3. The zero-order valence-electron chi connectivity index (χ0n) is 14.5. The Morgan fingerprint density at radius 3 is 2.46 bits per heavy atom. The Labute approximate surface area is 157 Å². The smallest absolute Gasteiger partial charge is 0.293 e. The molecule has 1 saturated heterocycles. The van der Waals surface area contributed by atoms with E-state index in [1.807, 2.05) is 17.0 Å². The van der Waals surface area contributed by atoms with E-state index >= 15 is 0 Å². The molecule has 1 heterocycles. The molecular formula is C19H20ClN3O3. The molecule has 0 radical (unpaired) electrons. The van der Waals surface area contributed by atoms with Gasteiger partial charge in [-0.25, -0.2) is 0 Å². The summed E-state index contributed by atoms with van der Waals surface area (Å²) in [5.41, 5.74) is 1.83. The molecule has 2 aromatic rings. The van der Waals surface area contributed by atoms with Gasteiger partial charge in [0.1, 0.15) is 5.69 Å². The van der Waals surface area contributed by atoms with E-state index in [1.54, 1.807) is 31.3 Å². The van der Waals surface area contributed by atoms with Gasteiger partial charge in [-0.2, -0.15) is 0 Å². The fourth-order valence-corrected chi connectivity index (χ4v) is 3.31. The third-order valence-electron chi connectivity index (χ3n) is 4.55. The summed E-state index contributed by atoms with van der Waals surface area (Å²) in [6.07, 6.45) is 2.06. The SMILES string of the molecule is CN(Cc1ccc(Cl)cc1)C(=O)c1ccc(N2CCCC2)c([N+](=O)[O-])c1. The molecule has 1 fully saturated rings. The lowest BCUT2D eigenvalue weighted by Crippen LogP contribution is -2.26. The van der Waals surface area contributed by atoms with Crippen LogP contribution in [-0.4, -0.2) is 35.9 Å². The van der Waals surface area contributed by atoms with Crippen LogP contribution in [0.3, 0.4) is 0 Å². The van der Waals surface area contributed by atoms with Crippen molar-refractivity contribution >= 4 is 28.9 Å². The Bertz CT molecular complexity index is 817. The molecule has 1 amide bonds. The van der Waals surface area contributed by atoms with E-state index in [2.05, 4.69) is 0 Å². The van der Waals surface area contributed by atoms with Crippen LogP contribution in [0.2, 0.25) is 5.02 Å². The van der Waals surface area contributed by atoms with Gasteiger partial charge in [-0.3, -0.25) is 14.9 Å². The fraction of sp³-hybridized carbons (Fsp3) is 0.316.